The number of nitrogens with one attached hydrogen (secondary N) is 1. The lowest BCUT2D eigenvalue weighted by Gasteiger charge is -2.24. The highest BCUT2D eigenvalue weighted by molar-refractivity contribution is 5.72. The highest BCUT2D eigenvalue weighted by Gasteiger charge is 2.25. The predicted octanol–water partition coefficient (Wildman–Crippen LogP) is 0.668. The lowest BCUT2D eigenvalue weighted by Crippen LogP contribution is -2.26. The molecule has 0 spiro atoms. The van der Waals surface area contributed by atoms with Crippen molar-refractivity contribution in [2.45, 2.75) is 12.5 Å². The summed E-state index contributed by atoms with van der Waals surface area (Å²) >= 11 is 0. The zero-order valence-corrected chi connectivity index (χ0v) is 9.10. The van der Waals surface area contributed by atoms with Gasteiger partial charge >= 0.3 is 5.97 Å². The second-order valence-electron chi connectivity index (χ2n) is 3.53. The molecule has 1 aromatic heterocycles. The Morgan fingerprint density at radius 1 is 1.75 bits per heavy atom. The Balaban J connectivity index is 2.10. The van der Waals surface area contributed by atoms with Gasteiger partial charge in [0.15, 0.2) is 6.10 Å². The molecule has 0 radical (unpaired) electrons. The highest BCUT2D eigenvalue weighted by atomic mass is 16.6. The van der Waals surface area contributed by atoms with Gasteiger partial charge in [-0.05, 0) is 19.2 Å². The fourth-order valence-electron chi connectivity index (χ4n) is 1.64. The maximum atomic E-state index is 11.4. The molecule has 1 aromatic rings. The van der Waals surface area contributed by atoms with E-state index in [1.165, 1.54) is 0 Å². The molecule has 1 aliphatic rings. The van der Waals surface area contributed by atoms with Crippen LogP contribution in [0, 0.1) is 0 Å². The smallest absolute Gasteiger partial charge is 0.320 e. The molecule has 2 heterocycles. The van der Waals surface area contributed by atoms with E-state index in [9.17, 15) is 4.79 Å². The van der Waals surface area contributed by atoms with E-state index in [0.717, 1.165) is 0 Å². The van der Waals surface area contributed by atoms with Crippen LogP contribution in [0.2, 0.25) is 0 Å². The Morgan fingerprint density at radius 2 is 2.62 bits per heavy atom. The van der Waals surface area contributed by atoms with Crippen LogP contribution < -0.4 is 10.1 Å². The molecule has 0 amide bonds. The molecule has 1 unspecified atom stereocenters. The first-order chi connectivity index (χ1) is 7.81. The average molecular weight is 222 g/mol. The molecule has 0 saturated heterocycles. The zero-order valence-electron chi connectivity index (χ0n) is 9.10. The van der Waals surface area contributed by atoms with Gasteiger partial charge < -0.3 is 14.8 Å². The van der Waals surface area contributed by atoms with Crippen LogP contribution >= 0.6 is 0 Å². The summed E-state index contributed by atoms with van der Waals surface area (Å²) in [6, 6.07) is 3.64. The number of nitrogens with zero attached hydrogens (tertiary/aromatic N) is 1. The fraction of sp³-hybridized carbons (Fsp3) is 0.455. The molecule has 0 fully saturated rings. The third-order valence-electron chi connectivity index (χ3n) is 2.34. The first kappa shape index (κ1) is 10.9. The number of hydrogen-bond donors (Lipinski definition) is 1. The van der Waals surface area contributed by atoms with E-state index in [-0.39, 0.29) is 18.6 Å². The zero-order chi connectivity index (χ0) is 11.4. The summed E-state index contributed by atoms with van der Waals surface area (Å²) in [6.45, 7) is 0.760. The summed E-state index contributed by atoms with van der Waals surface area (Å²) in [4.78, 5) is 15.6. The van der Waals surface area contributed by atoms with Crippen LogP contribution in [0.4, 0.5) is 0 Å². The average Bonchev–Trinajstić information content (AvgIpc) is 2.30. The number of pyridine rings is 1. The molecular weight excluding hydrogens is 208 g/mol. The van der Waals surface area contributed by atoms with Gasteiger partial charge in [0, 0.05) is 12.6 Å². The number of carbonyl (C=O) groups is 1. The molecule has 0 saturated carbocycles. The van der Waals surface area contributed by atoms with Gasteiger partial charge in [-0.2, -0.15) is 0 Å². The van der Waals surface area contributed by atoms with Gasteiger partial charge in [0.2, 0.25) is 0 Å². The number of rotatable bonds is 3. The quantitative estimate of drug-likeness (QED) is 0.761. The largest absolute Gasteiger partial charge is 0.491 e. The maximum Gasteiger partial charge on any atom is 0.320 e. The summed E-state index contributed by atoms with van der Waals surface area (Å²) < 4.78 is 10.7. The molecule has 86 valence electrons. The van der Waals surface area contributed by atoms with Crippen molar-refractivity contribution >= 4 is 5.97 Å². The minimum atomic E-state index is -0.286. The first-order valence-electron chi connectivity index (χ1n) is 5.23. The third kappa shape index (κ3) is 2.30. The lowest BCUT2D eigenvalue weighted by atomic mass is 10.1. The van der Waals surface area contributed by atoms with E-state index in [4.69, 9.17) is 9.47 Å². The summed E-state index contributed by atoms with van der Waals surface area (Å²) in [5, 5.41) is 2.75. The predicted molar refractivity (Wildman–Crippen MR) is 57.1 cm³/mol. The van der Waals surface area contributed by atoms with Crippen LogP contribution in [0.3, 0.4) is 0 Å². The first-order valence-corrected chi connectivity index (χ1v) is 5.23. The Bertz CT molecular complexity index is 381. The van der Waals surface area contributed by atoms with E-state index in [1.807, 2.05) is 6.07 Å². The van der Waals surface area contributed by atoms with Crippen molar-refractivity contribution in [1.82, 2.24) is 10.3 Å². The summed E-state index contributed by atoms with van der Waals surface area (Å²) in [5.41, 5.74) is 0.707. The number of hydrogen-bond acceptors (Lipinski definition) is 5. The maximum absolute atomic E-state index is 11.4. The molecule has 0 aliphatic carbocycles. The van der Waals surface area contributed by atoms with Gasteiger partial charge in [-0.1, -0.05) is 0 Å². The molecular formula is C11H14N2O3. The lowest BCUT2D eigenvalue weighted by molar-refractivity contribution is -0.149. The molecule has 0 aromatic carbocycles. The van der Waals surface area contributed by atoms with Crippen LogP contribution in [0.25, 0.3) is 0 Å². The van der Waals surface area contributed by atoms with Crippen molar-refractivity contribution in [3.8, 4) is 5.75 Å². The van der Waals surface area contributed by atoms with Crippen molar-refractivity contribution in [1.29, 1.82) is 0 Å². The number of likely N-dealkylation sites (N-methyl/N-ethyl adjacent to an activating group) is 1. The normalized spacial score (nSPS) is 18.4. The number of esters is 1. The van der Waals surface area contributed by atoms with Crippen LogP contribution in [0.5, 0.6) is 5.75 Å². The third-order valence-corrected chi connectivity index (χ3v) is 2.34. The highest BCUT2D eigenvalue weighted by Crippen LogP contribution is 2.32. The van der Waals surface area contributed by atoms with E-state index in [1.54, 1.807) is 19.3 Å². The molecule has 5 nitrogen and oxygen atoms in total. The summed E-state index contributed by atoms with van der Waals surface area (Å²) in [5.74, 6) is 0.432. The Hall–Kier alpha value is -1.62. The standard InChI is InChI=1S/C11H14N2O3/c1-12-7-10(14)16-9-4-6-15-8-3-2-5-13-11(8)9/h2-3,5,9,12H,4,6-7H2,1H3. The van der Waals surface area contributed by atoms with Crippen molar-refractivity contribution in [2.75, 3.05) is 20.2 Å². The van der Waals surface area contributed by atoms with Gasteiger partial charge in [0.05, 0.1) is 13.2 Å². The van der Waals surface area contributed by atoms with Gasteiger partial charge in [-0.3, -0.25) is 9.78 Å². The van der Waals surface area contributed by atoms with Crippen LogP contribution in [0.15, 0.2) is 18.3 Å². The summed E-state index contributed by atoms with van der Waals surface area (Å²) in [7, 11) is 1.71. The van der Waals surface area contributed by atoms with Crippen molar-refractivity contribution in [3.63, 3.8) is 0 Å². The van der Waals surface area contributed by atoms with Gasteiger partial charge in [-0.15, -0.1) is 0 Å². The molecule has 2 rings (SSSR count). The van der Waals surface area contributed by atoms with Gasteiger partial charge in [0.25, 0.3) is 0 Å². The Morgan fingerprint density at radius 3 is 3.44 bits per heavy atom. The molecule has 0 bridgehead atoms. The van der Waals surface area contributed by atoms with Crippen molar-refractivity contribution < 1.29 is 14.3 Å². The number of aromatic nitrogens is 1. The minimum absolute atomic E-state index is 0.208. The van der Waals surface area contributed by atoms with Gasteiger partial charge in [0.1, 0.15) is 11.4 Å². The fourth-order valence-corrected chi connectivity index (χ4v) is 1.64. The number of ether oxygens (including phenoxy) is 2. The second-order valence-corrected chi connectivity index (χ2v) is 3.53. The molecule has 1 aliphatic heterocycles. The van der Waals surface area contributed by atoms with Crippen LogP contribution in [-0.4, -0.2) is 31.2 Å². The number of carbonyl (C=O) groups excluding carboxylic acids is 1. The van der Waals surface area contributed by atoms with E-state index in [0.29, 0.717) is 24.5 Å². The Labute approximate surface area is 93.8 Å². The molecule has 1 N–H and O–H groups in total. The monoisotopic (exact) mass is 222 g/mol. The SMILES string of the molecule is CNCC(=O)OC1CCOc2cccnc21. The Kier molecular flexibility index (Phi) is 3.36. The van der Waals surface area contributed by atoms with Gasteiger partial charge in [-0.25, -0.2) is 0 Å². The topological polar surface area (TPSA) is 60.5 Å². The van der Waals surface area contributed by atoms with Crippen molar-refractivity contribution in [2.24, 2.45) is 0 Å². The van der Waals surface area contributed by atoms with Crippen molar-refractivity contribution in [3.05, 3.63) is 24.0 Å². The molecule has 16 heavy (non-hydrogen) atoms. The summed E-state index contributed by atoms with van der Waals surface area (Å²) in [6.07, 6.45) is 2.04. The van der Waals surface area contributed by atoms with E-state index in [2.05, 4.69) is 10.3 Å². The second kappa shape index (κ2) is 4.94. The van der Waals surface area contributed by atoms with E-state index >= 15 is 0 Å². The van der Waals surface area contributed by atoms with Crippen LogP contribution in [0.1, 0.15) is 18.2 Å². The molecule has 5 heteroatoms. The van der Waals surface area contributed by atoms with E-state index < -0.39 is 0 Å². The number of fused-ring (bicyclic) bond motifs is 1. The molecule has 1 atom stereocenters. The minimum Gasteiger partial charge on any atom is -0.491 e. The van der Waals surface area contributed by atoms with Crippen LogP contribution in [-0.2, 0) is 9.53 Å².